The van der Waals surface area contributed by atoms with Crippen LogP contribution < -0.4 is 10.6 Å². The second-order valence-electron chi connectivity index (χ2n) is 5.61. The van der Waals surface area contributed by atoms with E-state index in [9.17, 15) is 4.79 Å². The molecule has 0 heterocycles. The maximum Gasteiger partial charge on any atom is 0.251 e. The number of nitrogens with one attached hydrogen (secondary N) is 2. The van der Waals surface area contributed by atoms with Gasteiger partial charge in [0.05, 0.1) is 6.61 Å². The van der Waals surface area contributed by atoms with Crippen LogP contribution in [0, 0.1) is 6.92 Å². The monoisotopic (exact) mass is 346 g/mol. The highest BCUT2D eigenvalue weighted by Gasteiger charge is 2.10. The number of rotatable bonds is 8. The lowest BCUT2D eigenvalue weighted by Gasteiger charge is -2.13. The molecule has 3 N–H and O–H groups in total. The van der Waals surface area contributed by atoms with E-state index >= 15 is 0 Å². The number of hydrogen-bond donors (Lipinski definition) is 3. The largest absolute Gasteiger partial charge is 0.395 e. The highest BCUT2D eigenvalue weighted by atomic mass is 35.5. The topological polar surface area (TPSA) is 61.4 Å². The fraction of sp³-hybridized carbons (Fsp3) is 0.316. The van der Waals surface area contributed by atoms with Gasteiger partial charge in [-0.05, 0) is 55.2 Å². The van der Waals surface area contributed by atoms with Crippen molar-refractivity contribution < 1.29 is 9.90 Å². The zero-order valence-electron chi connectivity index (χ0n) is 13.8. The molecule has 2 rings (SSSR count). The van der Waals surface area contributed by atoms with Crippen LogP contribution in [0.3, 0.4) is 0 Å². The molecule has 128 valence electrons. The average molecular weight is 347 g/mol. The Kier molecular flexibility index (Phi) is 7.09. The lowest BCUT2D eigenvalue weighted by Crippen LogP contribution is -2.27. The van der Waals surface area contributed by atoms with E-state index in [1.807, 2.05) is 43.3 Å². The van der Waals surface area contributed by atoms with Crippen LogP contribution >= 0.6 is 11.6 Å². The normalized spacial score (nSPS) is 10.5. The van der Waals surface area contributed by atoms with Crippen molar-refractivity contribution in [2.24, 2.45) is 0 Å². The van der Waals surface area contributed by atoms with Crippen molar-refractivity contribution in [2.75, 3.05) is 25.0 Å². The number of carbonyl (C=O) groups is 1. The molecule has 2 aromatic rings. The Bertz CT molecular complexity index is 672. The summed E-state index contributed by atoms with van der Waals surface area (Å²) in [5.41, 5.74) is 3.77. The van der Waals surface area contributed by atoms with Gasteiger partial charge in [-0.1, -0.05) is 29.8 Å². The van der Waals surface area contributed by atoms with E-state index in [0.29, 0.717) is 5.56 Å². The van der Waals surface area contributed by atoms with Gasteiger partial charge < -0.3 is 15.7 Å². The molecular formula is C19H23ClN2O2. The lowest BCUT2D eigenvalue weighted by atomic mass is 10.1. The van der Waals surface area contributed by atoms with Gasteiger partial charge in [-0.2, -0.15) is 0 Å². The van der Waals surface area contributed by atoms with Gasteiger partial charge in [-0.25, -0.2) is 0 Å². The van der Waals surface area contributed by atoms with Crippen molar-refractivity contribution in [1.82, 2.24) is 5.32 Å². The van der Waals surface area contributed by atoms with E-state index in [1.54, 1.807) is 6.07 Å². The molecule has 4 nitrogen and oxygen atoms in total. The molecular weight excluding hydrogens is 324 g/mol. The molecule has 24 heavy (non-hydrogen) atoms. The van der Waals surface area contributed by atoms with Crippen LogP contribution in [0.5, 0.6) is 0 Å². The van der Waals surface area contributed by atoms with Crippen molar-refractivity contribution in [2.45, 2.75) is 19.8 Å². The Labute approximate surface area is 147 Å². The van der Waals surface area contributed by atoms with E-state index in [-0.39, 0.29) is 19.1 Å². The summed E-state index contributed by atoms with van der Waals surface area (Å²) >= 11 is 5.88. The van der Waals surface area contributed by atoms with Gasteiger partial charge in [0.1, 0.15) is 0 Å². The van der Waals surface area contributed by atoms with Crippen LogP contribution in [-0.2, 0) is 6.42 Å². The van der Waals surface area contributed by atoms with Crippen LogP contribution in [-0.4, -0.2) is 30.7 Å². The number of aliphatic hydroxyl groups is 1. The lowest BCUT2D eigenvalue weighted by molar-refractivity contribution is 0.0944. The molecule has 0 saturated heterocycles. The number of hydrogen-bond acceptors (Lipinski definition) is 3. The summed E-state index contributed by atoms with van der Waals surface area (Å²) in [5.74, 6) is -0.161. The maximum absolute atomic E-state index is 12.1. The molecule has 0 radical (unpaired) electrons. The first-order valence-electron chi connectivity index (χ1n) is 8.09. The Balaban J connectivity index is 1.88. The van der Waals surface area contributed by atoms with Crippen LogP contribution in [0.2, 0.25) is 5.02 Å². The Morgan fingerprint density at radius 1 is 1.12 bits per heavy atom. The molecule has 0 unspecified atom stereocenters. The quantitative estimate of drug-likeness (QED) is 0.642. The number of anilines is 1. The minimum atomic E-state index is -0.161. The van der Waals surface area contributed by atoms with E-state index in [1.165, 1.54) is 5.56 Å². The third-order valence-electron chi connectivity index (χ3n) is 3.85. The zero-order chi connectivity index (χ0) is 17.4. The molecule has 0 spiro atoms. The summed E-state index contributed by atoms with van der Waals surface area (Å²) in [6.07, 6.45) is 1.96. The van der Waals surface area contributed by atoms with E-state index < -0.39 is 0 Å². The molecule has 2 aromatic carbocycles. The van der Waals surface area contributed by atoms with Gasteiger partial charge in [0.15, 0.2) is 0 Å². The predicted molar refractivity (Wildman–Crippen MR) is 98.9 cm³/mol. The van der Waals surface area contributed by atoms with Crippen LogP contribution in [0.15, 0.2) is 42.5 Å². The summed E-state index contributed by atoms with van der Waals surface area (Å²) < 4.78 is 0. The molecule has 0 bridgehead atoms. The fourth-order valence-electron chi connectivity index (χ4n) is 2.50. The number of benzene rings is 2. The van der Waals surface area contributed by atoms with Crippen molar-refractivity contribution >= 4 is 23.2 Å². The Morgan fingerprint density at radius 2 is 1.88 bits per heavy atom. The van der Waals surface area contributed by atoms with Gasteiger partial charge in [0, 0.05) is 29.4 Å². The summed E-state index contributed by atoms with van der Waals surface area (Å²) in [6, 6.07) is 13.5. The van der Waals surface area contributed by atoms with Crippen LogP contribution in [0.25, 0.3) is 0 Å². The van der Waals surface area contributed by atoms with Crippen molar-refractivity contribution in [1.29, 1.82) is 0 Å². The third-order valence-corrected chi connectivity index (χ3v) is 4.10. The second-order valence-corrected chi connectivity index (χ2v) is 6.05. The number of carbonyl (C=O) groups excluding carboxylic acids is 1. The van der Waals surface area contributed by atoms with Gasteiger partial charge >= 0.3 is 0 Å². The molecule has 0 aliphatic carbocycles. The molecule has 0 aliphatic heterocycles. The number of halogens is 1. The van der Waals surface area contributed by atoms with E-state index in [0.717, 1.165) is 35.7 Å². The average Bonchev–Trinajstić information content (AvgIpc) is 2.59. The molecule has 1 amide bonds. The summed E-state index contributed by atoms with van der Waals surface area (Å²) in [7, 11) is 0. The SMILES string of the molecule is Cc1c(NCCCc2ccc(Cl)cc2)cccc1C(=O)NCCO. The number of amides is 1. The standard InChI is InChI=1S/C19H23ClN2O2/c1-14-17(19(24)22-12-13-23)5-2-6-18(14)21-11-3-4-15-7-9-16(20)10-8-15/h2,5-10,21,23H,3-4,11-13H2,1H3,(H,22,24). The molecule has 5 heteroatoms. The first-order valence-corrected chi connectivity index (χ1v) is 8.46. The van der Waals surface area contributed by atoms with Crippen LogP contribution in [0.4, 0.5) is 5.69 Å². The van der Waals surface area contributed by atoms with Crippen LogP contribution in [0.1, 0.15) is 27.9 Å². The van der Waals surface area contributed by atoms with Crippen molar-refractivity contribution in [3.05, 3.63) is 64.2 Å². The smallest absolute Gasteiger partial charge is 0.251 e. The Morgan fingerprint density at radius 3 is 2.58 bits per heavy atom. The van der Waals surface area contributed by atoms with Gasteiger partial charge in [-0.15, -0.1) is 0 Å². The minimum Gasteiger partial charge on any atom is -0.395 e. The fourth-order valence-corrected chi connectivity index (χ4v) is 2.63. The zero-order valence-corrected chi connectivity index (χ0v) is 14.6. The molecule has 0 aromatic heterocycles. The highest BCUT2D eigenvalue weighted by Crippen LogP contribution is 2.19. The second kappa shape index (κ2) is 9.30. The maximum atomic E-state index is 12.1. The van der Waals surface area contributed by atoms with Crippen molar-refractivity contribution in [3.63, 3.8) is 0 Å². The number of aryl methyl sites for hydroxylation is 1. The molecule has 0 atom stereocenters. The summed E-state index contributed by atoms with van der Waals surface area (Å²) in [6.45, 7) is 2.95. The first kappa shape index (κ1) is 18.3. The summed E-state index contributed by atoms with van der Waals surface area (Å²) in [4.78, 5) is 12.1. The molecule has 0 fully saturated rings. The van der Waals surface area contributed by atoms with Gasteiger partial charge in [-0.3, -0.25) is 4.79 Å². The van der Waals surface area contributed by atoms with Gasteiger partial charge in [0.25, 0.3) is 5.91 Å². The Hall–Kier alpha value is -2.04. The predicted octanol–water partition coefficient (Wildman–Crippen LogP) is 3.42. The third kappa shape index (κ3) is 5.25. The minimum absolute atomic E-state index is 0.0621. The summed E-state index contributed by atoms with van der Waals surface area (Å²) in [5, 5.41) is 15.6. The van der Waals surface area contributed by atoms with Gasteiger partial charge in [0.2, 0.25) is 0 Å². The highest BCUT2D eigenvalue weighted by molar-refractivity contribution is 6.30. The van der Waals surface area contributed by atoms with E-state index in [4.69, 9.17) is 16.7 Å². The van der Waals surface area contributed by atoms with E-state index in [2.05, 4.69) is 10.6 Å². The molecule has 0 aliphatic rings. The number of aliphatic hydroxyl groups excluding tert-OH is 1. The van der Waals surface area contributed by atoms with Crippen molar-refractivity contribution in [3.8, 4) is 0 Å². The molecule has 0 saturated carbocycles. The first-order chi connectivity index (χ1) is 11.6.